The van der Waals surface area contributed by atoms with Gasteiger partial charge in [-0.1, -0.05) is 27.7 Å². The van der Waals surface area contributed by atoms with Crippen molar-refractivity contribution in [3.63, 3.8) is 0 Å². The molecule has 0 radical (unpaired) electrons. The Bertz CT molecular complexity index is 491. The van der Waals surface area contributed by atoms with E-state index in [-0.39, 0.29) is 0 Å². The van der Waals surface area contributed by atoms with E-state index >= 15 is 0 Å². The molecule has 2 heterocycles. The highest BCUT2D eigenvalue weighted by atomic mass is 14.7. The lowest BCUT2D eigenvalue weighted by Crippen LogP contribution is -2.17. The van der Waals surface area contributed by atoms with E-state index < -0.39 is 0 Å². The number of aryl methyl sites for hydroxylation is 1. The molecule has 0 amide bonds. The summed E-state index contributed by atoms with van der Waals surface area (Å²) in [6, 6.07) is 2.03. The minimum atomic E-state index is 0.393. The number of H-pyrrole nitrogens is 1. The Morgan fingerprint density at radius 2 is 2.12 bits per heavy atom. The van der Waals surface area contributed by atoms with Gasteiger partial charge < -0.3 is 4.98 Å². The average molecular weight is 230 g/mol. The van der Waals surface area contributed by atoms with E-state index in [1.807, 2.05) is 18.5 Å². The Hall–Kier alpha value is -1.31. The van der Waals surface area contributed by atoms with E-state index in [4.69, 9.17) is 0 Å². The Morgan fingerprint density at radius 3 is 2.82 bits per heavy atom. The minimum absolute atomic E-state index is 0.393. The molecule has 0 aliphatic heterocycles. The number of aromatic amines is 1. The Kier molecular flexibility index (Phi) is 3.23. The summed E-state index contributed by atoms with van der Waals surface area (Å²) in [5, 5.41) is 1.27. The molecule has 0 aromatic carbocycles. The lowest BCUT2D eigenvalue weighted by atomic mass is 9.79. The molecule has 0 spiro atoms. The van der Waals surface area contributed by atoms with Gasteiger partial charge in [-0.15, -0.1) is 0 Å². The first kappa shape index (κ1) is 12.2. The number of fused-ring (bicyclic) bond motifs is 1. The molecule has 0 fully saturated rings. The molecule has 0 saturated heterocycles. The van der Waals surface area contributed by atoms with Crippen molar-refractivity contribution in [2.75, 3.05) is 0 Å². The first-order valence-electron chi connectivity index (χ1n) is 6.38. The highest BCUT2D eigenvalue weighted by Crippen LogP contribution is 2.30. The molecule has 2 nitrogen and oxygen atoms in total. The minimum Gasteiger partial charge on any atom is -0.361 e. The van der Waals surface area contributed by atoms with Gasteiger partial charge in [-0.25, -0.2) is 0 Å². The third kappa shape index (κ3) is 2.68. The van der Waals surface area contributed by atoms with E-state index in [9.17, 15) is 0 Å². The fourth-order valence-corrected chi connectivity index (χ4v) is 2.03. The number of nitrogens with one attached hydrogen (secondary N) is 1. The van der Waals surface area contributed by atoms with Crippen molar-refractivity contribution in [1.82, 2.24) is 9.97 Å². The molecule has 2 rings (SSSR count). The van der Waals surface area contributed by atoms with Crippen molar-refractivity contribution in [1.29, 1.82) is 0 Å². The summed E-state index contributed by atoms with van der Waals surface area (Å²) < 4.78 is 0. The summed E-state index contributed by atoms with van der Waals surface area (Å²) in [4.78, 5) is 7.51. The second-order valence-corrected chi connectivity index (χ2v) is 6.04. The van der Waals surface area contributed by atoms with Crippen LogP contribution in [0, 0.1) is 11.3 Å². The molecule has 0 aliphatic rings. The van der Waals surface area contributed by atoms with Crippen LogP contribution >= 0.6 is 0 Å². The van der Waals surface area contributed by atoms with Crippen molar-refractivity contribution in [2.45, 2.75) is 40.5 Å². The first-order valence-corrected chi connectivity index (χ1v) is 6.38. The molecular formula is C15H22N2. The molecular weight excluding hydrogens is 208 g/mol. The summed E-state index contributed by atoms with van der Waals surface area (Å²) in [6.07, 6.45) is 8.28. The van der Waals surface area contributed by atoms with Gasteiger partial charge in [0.1, 0.15) is 0 Å². The molecule has 1 atom stereocenters. The molecule has 2 aromatic rings. The second-order valence-electron chi connectivity index (χ2n) is 6.04. The predicted molar refractivity (Wildman–Crippen MR) is 73.0 cm³/mol. The van der Waals surface area contributed by atoms with E-state index in [0.29, 0.717) is 5.41 Å². The van der Waals surface area contributed by atoms with Crippen molar-refractivity contribution in [3.8, 4) is 0 Å². The van der Waals surface area contributed by atoms with Crippen LogP contribution in [0.25, 0.3) is 10.9 Å². The van der Waals surface area contributed by atoms with E-state index in [0.717, 1.165) is 12.3 Å². The average Bonchev–Trinajstić information content (AvgIpc) is 2.68. The molecule has 92 valence electrons. The van der Waals surface area contributed by atoms with Crippen molar-refractivity contribution in [3.05, 3.63) is 30.2 Å². The molecule has 2 aromatic heterocycles. The van der Waals surface area contributed by atoms with Crippen LogP contribution in [0.15, 0.2) is 24.7 Å². The maximum absolute atomic E-state index is 4.20. The SMILES string of the molecule is CC(CCc1c[nH]c2ccncc12)C(C)(C)C. The zero-order valence-corrected chi connectivity index (χ0v) is 11.2. The van der Waals surface area contributed by atoms with Crippen LogP contribution in [-0.4, -0.2) is 9.97 Å². The van der Waals surface area contributed by atoms with Crippen LogP contribution in [0.4, 0.5) is 0 Å². The van der Waals surface area contributed by atoms with Crippen LogP contribution < -0.4 is 0 Å². The Morgan fingerprint density at radius 1 is 1.35 bits per heavy atom. The zero-order valence-electron chi connectivity index (χ0n) is 11.2. The van der Waals surface area contributed by atoms with Gasteiger partial charge in [0.15, 0.2) is 0 Å². The van der Waals surface area contributed by atoms with Crippen LogP contribution in [-0.2, 0) is 6.42 Å². The summed E-state index contributed by atoms with van der Waals surface area (Å²) >= 11 is 0. The Balaban J connectivity index is 2.09. The standard InChI is InChI=1S/C15H22N2/c1-11(15(2,3)4)5-6-12-9-17-14-7-8-16-10-13(12)14/h7-11,17H,5-6H2,1-4H3. The summed E-state index contributed by atoms with van der Waals surface area (Å²) in [6.45, 7) is 9.28. The predicted octanol–water partition coefficient (Wildman–Crippen LogP) is 4.18. The number of hydrogen-bond donors (Lipinski definition) is 1. The number of hydrogen-bond acceptors (Lipinski definition) is 1. The summed E-state index contributed by atoms with van der Waals surface area (Å²) in [5.74, 6) is 0.726. The summed E-state index contributed by atoms with van der Waals surface area (Å²) in [5.41, 5.74) is 2.98. The molecule has 0 aliphatic carbocycles. The van der Waals surface area contributed by atoms with Crippen LogP contribution in [0.3, 0.4) is 0 Å². The lowest BCUT2D eigenvalue weighted by Gasteiger charge is -2.27. The van der Waals surface area contributed by atoms with E-state index in [2.05, 4.69) is 43.9 Å². The lowest BCUT2D eigenvalue weighted by molar-refractivity contribution is 0.247. The largest absolute Gasteiger partial charge is 0.361 e. The topological polar surface area (TPSA) is 28.7 Å². The van der Waals surface area contributed by atoms with Gasteiger partial charge >= 0.3 is 0 Å². The van der Waals surface area contributed by atoms with Gasteiger partial charge in [0, 0.05) is 29.5 Å². The highest BCUT2D eigenvalue weighted by molar-refractivity contribution is 5.81. The van der Waals surface area contributed by atoms with E-state index in [1.165, 1.54) is 22.9 Å². The van der Waals surface area contributed by atoms with Gasteiger partial charge in [-0.05, 0) is 35.8 Å². The smallest absolute Gasteiger partial charge is 0.0487 e. The highest BCUT2D eigenvalue weighted by Gasteiger charge is 2.19. The number of pyridine rings is 1. The van der Waals surface area contributed by atoms with Gasteiger partial charge in [0.05, 0.1) is 0 Å². The molecule has 0 saturated carbocycles. The number of rotatable bonds is 3. The Labute approximate surface area is 103 Å². The third-order valence-corrected chi connectivity index (χ3v) is 3.89. The van der Waals surface area contributed by atoms with Crippen LogP contribution in [0.1, 0.15) is 39.7 Å². The second kappa shape index (κ2) is 4.52. The normalized spacial score (nSPS) is 14.1. The van der Waals surface area contributed by atoms with Gasteiger partial charge in [0.2, 0.25) is 0 Å². The van der Waals surface area contributed by atoms with Crippen molar-refractivity contribution < 1.29 is 0 Å². The van der Waals surface area contributed by atoms with Crippen molar-refractivity contribution >= 4 is 10.9 Å². The van der Waals surface area contributed by atoms with Gasteiger partial charge in [0.25, 0.3) is 0 Å². The number of aromatic nitrogens is 2. The quantitative estimate of drug-likeness (QED) is 0.842. The fraction of sp³-hybridized carbons (Fsp3) is 0.533. The summed E-state index contributed by atoms with van der Waals surface area (Å²) in [7, 11) is 0. The fourth-order valence-electron chi connectivity index (χ4n) is 2.03. The first-order chi connectivity index (χ1) is 7.98. The molecule has 17 heavy (non-hydrogen) atoms. The third-order valence-electron chi connectivity index (χ3n) is 3.89. The maximum atomic E-state index is 4.20. The van der Waals surface area contributed by atoms with Gasteiger partial charge in [-0.3, -0.25) is 4.98 Å². The number of nitrogens with zero attached hydrogens (tertiary/aromatic N) is 1. The van der Waals surface area contributed by atoms with Gasteiger partial charge in [-0.2, -0.15) is 0 Å². The molecule has 2 heteroatoms. The van der Waals surface area contributed by atoms with Crippen LogP contribution in [0.2, 0.25) is 0 Å². The molecule has 1 unspecified atom stereocenters. The monoisotopic (exact) mass is 230 g/mol. The van der Waals surface area contributed by atoms with E-state index in [1.54, 1.807) is 0 Å². The maximum Gasteiger partial charge on any atom is 0.0487 e. The molecule has 1 N–H and O–H groups in total. The van der Waals surface area contributed by atoms with Crippen LogP contribution in [0.5, 0.6) is 0 Å². The van der Waals surface area contributed by atoms with Crippen molar-refractivity contribution in [2.24, 2.45) is 11.3 Å². The zero-order chi connectivity index (χ0) is 12.5. The molecule has 0 bridgehead atoms.